The molecule has 2 aromatic rings. The molecule has 0 bridgehead atoms. The summed E-state index contributed by atoms with van der Waals surface area (Å²) in [5.41, 5.74) is 6.51. The van der Waals surface area contributed by atoms with Crippen LogP contribution in [0.2, 0.25) is 0 Å². The lowest BCUT2D eigenvalue weighted by molar-refractivity contribution is -0.120. The van der Waals surface area contributed by atoms with Crippen molar-refractivity contribution < 1.29 is 4.79 Å². The Kier molecular flexibility index (Phi) is 3.72. The largest absolute Gasteiger partial charge is 0.368 e. The SMILES string of the molecule is C[C@@](Sc1ccccc1)(C(N)=O)c1ccccc1. The molecule has 3 heteroatoms. The van der Waals surface area contributed by atoms with Crippen LogP contribution in [0.4, 0.5) is 0 Å². The fraction of sp³-hybridized carbons (Fsp3) is 0.133. The van der Waals surface area contributed by atoms with E-state index in [9.17, 15) is 4.79 Å². The fourth-order valence-corrected chi connectivity index (χ4v) is 2.85. The molecule has 0 aromatic heterocycles. The van der Waals surface area contributed by atoms with Crippen LogP contribution in [0, 0.1) is 0 Å². The maximum absolute atomic E-state index is 11.8. The van der Waals surface area contributed by atoms with Crippen LogP contribution in [0.3, 0.4) is 0 Å². The molecule has 2 rings (SSSR count). The third kappa shape index (κ3) is 2.57. The zero-order valence-electron chi connectivity index (χ0n) is 10.2. The Morgan fingerprint density at radius 3 is 2.00 bits per heavy atom. The lowest BCUT2D eigenvalue weighted by atomic mass is 10.00. The van der Waals surface area contributed by atoms with Gasteiger partial charge in [0.1, 0.15) is 4.75 Å². The van der Waals surface area contributed by atoms with Crippen molar-refractivity contribution >= 4 is 17.7 Å². The molecular formula is C15H15NOS. The second-order valence-electron chi connectivity index (χ2n) is 4.18. The van der Waals surface area contributed by atoms with E-state index in [0.717, 1.165) is 10.5 Å². The second-order valence-corrected chi connectivity index (χ2v) is 5.67. The summed E-state index contributed by atoms with van der Waals surface area (Å²) in [7, 11) is 0. The summed E-state index contributed by atoms with van der Waals surface area (Å²) in [6.45, 7) is 1.86. The number of rotatable bonds is 4. The van der Waals surface area contributed by atoms with Gasteiger partial charge in [0.2, 0.25) is 5.91 Å². The number of thioether (sulfide) groups is 1. The molecule has 2 aromatic carbocycles. The highest BCUT2D eigenvalue weighted by atomic mass is 32.2. The Morgan fingerprint density at radius 2 is 1.50 bits per heavy atom. The molecule has 0 spiro atoms. The van der Waals surface area contributed by atoms with E-state index in [1.165, 1.54) is 11.8 Å². The van der Waals surface area contributed by atoms with Crippen molar-refractivity contribution in [2.24, 2.45) is 5.73 Å². The van der Waals surface area contributed by atoms with E-state index < -0.39 is 4.75 Å². The van der Waals surface area contributed by atoms with Gasteiger partial charge in [-0.2, -0.15) is 0 Å². The predicted molar refractivity (Wildman–Crippen MR) is 75.3 cm³/mol. The van der Waals surface area contributed by atoms with Gasteiger partial charge in [-0.25, -0.2) is 0 Å². The Morgan fingerprint density at radius 1 is 1.00 bits per heavy atom. The van der Waals surface area contributed by atoms with Crippen molar-refractivity contribution in [3.05, 3.63) is 66.2 Å². The van der Waals surface area contributed by atoms with Gasteiger partial charge in [0.15, 0.2) is 0 Å². The first-order valence-electron chi connectivity index (χ1n) is 5.72. The van der Waals surface area contributed by atoms with E-state index in [-0.39, 0.29) is 5.91 Å². The van der Waals surface area contributed by atoms with Gasteiger partial charge in [0.25, 0.3) is 0 Å². The molecular weight excluding hydrogens is 242 g/mol. The van der Waals surface area contributed by atoms with Crippen molar-refractivity contribution in [2.75, 3.05) is 0 Å². The van der Waals surface area contributed by atoms with Crippen LogP contribution >= 0.6 is 11.8 Å². The summed E-state index contributed by atoms with van der Waals surface area (Å²) in [5.74, 6) is -0.331. The summed E-state index contributed by atoms with van der Waals surface area (Å²) in [4.78, 5) is 12.9. The molecule has 0 aliphatic carbocycles. The van der Waals surface area contributed by atoms with E-state index in [4.69, 9.17) is 5.73 Å². The van der Waals surface area contributed by atoms with E-state index in [1.54, 1.807) is 0 Å². The third-order valence-corrected chi connectivity index (χ3v) is 4.21. The van der Waals surface area contributed by atoms with E-state index in [1.807, 2.05) is 67.6 Å². The smallest absolute Gasteiger partial charge is 0.238 e. The molecule has 0 unspecified atom stereocenters. The van der Waals surface area contributed by atoms with E-state index in [0.29, 0.717) is 0 Å². The normalized spacial score (nSPS) is 13.8. The Labute approximate surface area is 111 Å². The van der Waals surface area contributed by atoms with Crippen LogP contribution in [-0.4, -0.2) is 5.91 Å². The topological polar surface area (TPSA) is 43.1 Å². The summed E-state index contributed by atoms with van der Waals surface area (Å²) in [6, 6.07) is 19.4. The molecule has 0 saturated heterocycles. The summed E-state index contributed by atoms with van der Waals surface area (Å²) in [6.07, 6.45) is 0. The molecule has 2 N–H and O–H groups in total. The second kappa shape index (κ2) is 5.27. The molecule has 92 valence electrons. The maximum atomic E-state index is 11.8. The molecule has 0 heterocycles. The summed E-state index contributed by atoms with van der Waals surface area (Å²) >= 11 is 1.48. The number of hydrogen-bond donors (Lipinski definition) is 1. The number of primary amides is 1. The van der Waals surface area contributed by atoms with Gasteiger partial charge in [-0.05, 0) is 24.6 Å². The lowest BCUT2D eigenvalue weighted by Gasteiger charge is -2.26. The number of carbonyl (C=O) groups is 1. The lowest BCUT2D eigenvalue weighted by Crippen LogP contribution is -2.35. The molecule has 0 saturated carbocycles. The number of hydrogen-bond acceptors (Lipinski definition) is 2. The summed E-state index contributed by atoms with van der Waals surface area (Å²) < 4.78 is -0.747. The molecule has 0 aliphatic rings. The maximum Gasteiger partial charge on any atom is 0.238 e. The van der Waals surface area contributed by atoms with Gasteiger partial charge >= 0.3 is 0 Å². The molecule has 1 amide bonds. The Bertz CT molecular complexity index is 527. The van der Waals surface area contributed by atoms with Crippen molar-refractivity contribution in [3.63, 3.8) is 0 Å². The zero-order chi connectivity index (χ0) is 13.0. The standard InChI is InChI=1S/C15H15NOS/c1-15(14(16)17,12-8-4-2-5-9-12)18-13-10-6-3-7-11-13/h2-11H,1H3,(H2,16,17)/t15-/m0/s1. The Hall–Kier alpha value is -1.74. The van der Waals surface area contributed by atoms with Crippen LogP contribution in [-0.2, 0) is 9.54 Å². The van der Waals surface area contributed by atoms with Gasteiger partial charge in [-0.1, -0.05) is 48.5 Å². The fourth-order valence-electron chi connectivity index (χ4n) is 1.73. The minimum Gasteiger partial charge on any atom is -0.368 e. The minimum atomic E-state index is -0.747. The van der Waals surface area contributed by atoms with Crippen LogP contribution < -0.4 is 5.73 Å². The van der Waals surface area contributed by atoms with Gasteiger partial charge in [-0.3, -0.25) is 4.79 Å². The molecule has 0 radical (unpaired) electrons. The average molecular weight is 257 g/mol. The average Bonchev–Trinajstić information content (AvgIpc) is 2.40. The quantitative estimate of drug-likeness (QED) is 0.855. The van der Waals surface area contributed by atoms with Gasteiger partial charge < -0.3 is 5.73 Å². The minimum absolute atomic E-state index is 0.331. The monoisotopic (exact) mass is 257 g/mol. The molecule has 1 atom stereocenters. The first-order chi connectivity index (χ1) is 8.63. The first-order valence-corrected chi connectivity index (χ1v) is 6.54. The molecule has 0 aliphatic heterocycles. The highest BCUT2D eigenvalue weighted by molar-refractivity contribution is 8.01. The highest BCUT2D eigenvalue weighted by Crippen LogP contribution is 2.40. The van der Waals surface area contributed by atoms with Crippen LogP contribution in [0.25, 0.3) is 0 Å². The van der Waals surface area contributed by atoms with E-state index >= 15 is 0 Å². The van der Waals surface area contributed by atoms with Crippen molar-refractivity contribution in [3.8, 4) is 0 Å². The molecule has 0 fully saturated rings. The van der Waals surface area contributed by atoms with Crippen LogP contribution in [0.5, 0.6) is 0 Å². The van der Waals surface area contributed by atoms with Crippen LogP contribution in [0.15, 0.2) is 65.6 Å². The number of benzene rings is 2. The van der Waals surface area contributed by atoms with Gasteiger partial charge in [0.05, 0.1) is 0 Å². The van der Waals surface area contributed by atoms with Crippen molar-refractivity contribution in [1.29, 1.82) is 0 Å². The zero-order valence-corrected chi connectivity index (χ0v) is 11.0. The first kappa shape index (κ1) is 12.7. The van der Waals surface area contributed by atoms with Crippen molar-refractivity contribution in [1.82, 2.24) is 0 Å². The number of nitrogens with two attached hydrogens (primary N) is 1. The van der Waals surface area contributed by atoms with Crippen molar-refractivity contribution in [2.45, 2.75) is 16.6 Å². The third-order valence-electron chi connectivity index (χ3n) is 2.86. The summed E-state index contributed by atoms with van der Waals surface area (Å²) in [5, 5.41) is 0. The Balaban J connectivity index is 2.37. The molecule has 2 nitrogen and oxygen atoms in total. The van der Waals surface area contributed by atoms with Crippen LogP contribution in [0.1, 0.15) is 12.5 Å². The predicted octanol–water partition coefficient (Wildman–Crippen LogP) is 3.18. The number of carbonyl (C=O) groups excluding carboxylic acids is 1. The molecule has 18 heavy (non-hydrogen) atoms. The van der Waals surface area contributed by atoms with Gasteiger partial charge in [-0.15, -0.1) is 11.8 Å². The van der Waals surface area contributed by atoms with E-state index in [2.05, 4.69) is 0 Å². The highest BCUT2D eigenvalue weighted by Gasteiger charge is 2.34. The van der Waals surface area contributed by atoms with Gasteiger partial charge in [0, 0.05) is 4.90 Å². The number of amides is 1.